The van der Waals surface area contributed by atoms with Gasteiger partial charge in [-0.25, -0.2) is 0 Å². The molecule has 0 aromatic heterocycles. The second kappa shape index (κ2) is 6.85. The van der Waals surface area contributed by atoms with Crippen molar-refractivity contribution in [3.63, 3.8) is 0 Å². The van der Waals surface area contributed by atoms with Crippen molar-refractivity contribution in [3.8, 4) is 0 Å². The van der Waals surface area contributed by atoms with Crippen LogP contribution < -0.4 is 22.3 Å². The van der Waals surface area contributed by atoms with Crippen molar-refractivity contribution in [2.24, 2.45) is 22.2 Å². The first-order valence-corrected chi connectivity index (χ1v) is 6.22. The van der Waals surface area contributed by atoms with Gasteiger partial charge >= 0.3 is 0 Å². The summed E-state index contributed by atoms with van der Waals surface area (Å²) < 4.78 is 0. The molecule has 9 heteroatoms. The summed E-state index contributed by atoms with van der Waals surface area (Å²) in [6.45, 7) is 0.307. The molecule has 1 heterocycles. The van der Waals surface area contributed by atoms with Gasteiger partial charge in [0, 0.05) is 13.0 Å². The van der Waals surface area contributed by atoms with Crippen LogP contribution >= 0.6 is 0 Å². The number of carbonyl (C=O) groups is 3. The molecule has 1 fully saturated rings. The van der Waals surface area contributed by atoms with E-state index in [-0.39, 0.29) is 25.2 Å². The number of hydrogen-bond donors (Lipinski definition) is 3. The summed E-state index contributed by atoms with van der Waals surface area (Å²) in [5.41, 5.74) is 16.0. The molecule has 112 valence electrons. The summed E-state index contributed by atoms with van der Waals surface area (Å²) in [5, 5.41) is 10.9. The smallest absolute Gasteiger partial charge is 0.246 e. The number of amides is 2. The number of carboxylic acid groups (broad SMARTS) is 1. The molecular formula is C11H18N5O4-. The Bertz CT molecular complexity index is 433. The molecular weight excluding hydrogens is 266 g/mol. The maximum atomic E-state index is 12.0. The topological polar surface area (TPSA) is 168 Å². The van der Waals surface area contributed by atoms with Gasteiger partial charge < -0.3 is 27.1 Å². The lowest BCUT2D eigenvalue weighted by molar-refractivity contribution is -0.310. The van der Waals surface area contributed by atoms with Crippen molar-refractivity contribution in [2.75, 3.05) is 6.54 Å². The van der Waals surface area contributed by atoms with Gasteiger partial charge in [0.05, 0.1) is 18.1 Å². The molecule has 1 saturated heterocycles. The highest BCUT2D eigenvalue weighted by atomic mass is 16.4. The number of aliphatic carboxylic acids is 1. The van der Waals surface area contributed by atoms with Gasteiger partial charge in [0.25, 0.3) is 0 Å². The monoisotopic (exact) mass is 284 g/mol. The fourth-order valence-corrected chi connectivity index (χ4v) is 2.00. The molecule has 9 nitrogen and oxygen atoms in total. The van der Waals surface area contributed by atoms with Crippen molar-refractivity contribution in [1.82, 2.24) is 4.90 Å². The zero-order valence-corrected chi connectivity index (χ0v) is 10.9. The fraction of sp³-hybridized carbons (Fsp3) is 0.636. The highest BCUT2D eigenvalue weighted by Crippen LogP contribution is 2.19. The Balaban J connectivity index is 2.57. The van der Waals surface area contributed by atoms with E-state index in [0.717, 1.165) is 0 Å². The highest BCUT2D eigenvalue weighted by molar-refractivity contribution is 6.03. The molecule has 1 aliphatic heterocycles. The Morgan fingerprint density at radius 3 is 2.65 bits per heavy atom. The number of rotatable bonds is 6. The van der Waals surface area contributed by atoms with Crippen molar-refractivity contribution >= 4 is 23.7 Å². The lowest BCUT2D eigenvalue weighted by Gasteiger charge is -2.26. The van der Waals surface area contributed by atoms with Crippen molar-refractivity contribution in [3.05, 3.63) is 0 Å². The summed E-state index contributed by atoms with van der Waals surface area (Å²) >= 11 is 0. The molecule has 0 saturated carbocycles. The van der Waals surface area contributed by atoms with E-state index in [4.69, 9.17) is 17.2 Å². The number of nitrogens with zero attached hydrogens (tertiary/aromatic N) is 2. The summed E-state index contributed by atoms with van der Waals surface area (Å²) in [6.07, 6.45) is 0.765. The Kier molecular flexibility index (Phi) is 5.44. The first kappa shape index (κ1) is 15.9. The second-order valence-corrected chi connectivity index (χ2v) is 4.53. The number of likely N-dealkylation sites (tertiary alicyclic amines) is 1. The maximum Gasteiger partial charge on any atom is 0.246 e. The Morgan fingerprint density at radius 1 is 1.45 bits per heavy atom. The minimum absolute atomic E-state index is 0.00507. The van der Waals surface area contributed by atoms with Crippen LogP contribution in [0.25, 0.3) is 0 Å². The number of hydrogen-bond acceptors (Lipinski definition) is 6. The van der Waals surface area contributed by atoms with Crippen LogP contribution in [0.1, 0.15) is 25.7 Å². The van der Waals surface area contributed by atoms with Crippen molar-refractivity contribution < 1.29 is 19.5 Å². The van der Waals surface area contributed by atoms with E-state index < -0.39 is 29.9 Å². The van der Waals surface area contributed by atoms with Crippen LogP contribution in [0, 0.1) is 0 Å². The number of carbonyl (C=O) groups excluding carboxylic acids is 3. The lowest BCUT2D eigenvalue weighted by Crippen LogP contribution is -2.53. The zero-order chi connectivity index (χ0) is 15.3. The predicted octanol–water partition coefficient (Wildman–Crippen LogP) is -3.37. The Labute approximate surface area is 115 Å². The molecule has 0 bridgehead atoms. The van der Waals surface area contributed by atoms with Gasteiger partial charge in [-0.1, -0.05) is 0 Å². The van der Waals surface area contributed by atoms with Gasteiger partial charge in [0.1, 0.15) is 0 Å². The van der Waals surface area contributed by atoms with Crippen LogP contribution in [-0.2, 0) is 14.4 Å². The van der Waals surface area contributed by atoms with E-state index in [1.807, 2.05) is 0 Å². The molecule has 2 amide bonds. The first-order valence-electron chi connectivity index (χ1n) is 6.22. The number of carboxylic acids is 1. The molecule has 0 aliphatic carbocycles. The SMILES string of the molecule is NC(N)=NCCCC(N)C(=O)N1C(=O)CCC1C(=O)[O-]. The molecule has 0 aromatic rings. The zero-order valence-electron chi connectivity index (χ0n) is 10.9. The van der Waals surface area contributed by atoms with Gasteiger partial charge in [-0.2, -0.15) is 0 Å². The normalized spacial score (nSPS) is 19.8. The van der Waals surface area contributed by atoms with Crippen LogP contribution in [0.4, 0.5) is 0 Å². The number of nitrogens with two attached hydrogens (primary N) is 3. The molecule has 0 radical (unpaired) electrons. The van der Waals surface area contributed by atoms with E-state index in [1.165, 1.54) is 0 Å². The van der Waals surface area contributed by atoms with Crippen LogP contribution in [0.5, 0.6) is 0 Å². The second-order valence-electron chi connectivity index (χ2n) is 4.53. The number of aliphatic imine (C=N–C) groups is 1. The minimum atomic E-state index is -1.45. The van der Waals surface area contributed by atoms with E-state index in [1.54, 1.807) is 0 Å². The molecule has 20 heavy (non-hydrogen) atoms. The van der Waals surface area contributed by atoms with E-state index >= 15 is 0 Å². The molecule has 2 atom stereocenters. The summed E-state index contributed by atoms with van der Waals surface area (Å²) in [7, 11) is 0. The van der Waals surface area contributed by atoms with Crippen molar-refractivity contribution in [2.45, 2.75) is 37.8 Å². The van der Waals surface area contributed by atoms with Gasteiger partial charge in [0.2, 0.25) is 11.8 Å². The maximum absolute atomic E-state index is 12.0. The van der Waals surface area contributed by atoms with Gasteiger partial charge in [-0.3, -0.25) is 19.5 Å². The van der Waals surface area contributed by atoms with E-state index in [0.29, 0.717) is 17.9 Å². The van der Waals surface area contributed by atoms with Crippen LogP contribution in [-0.4, -0.2) is 47.3 Å². The summed E-state index contributed by atoms with van der Waals surface area (Å²) in [6, 6.07) is -2.19. The molecule has 0 spiro atoms. The molecule has 1 rings (SSSR count). The quantitative estimate of drug-likeness (QED) is 0.260. The Morgan fingerprint density at radius 2 is 2.10 bits per heavy atom. The third-order valence-electron chi connectivity index (χ3n) is 3.01. The highest BCUT2D eigenvalue weighted by Gasteiger charge is 2.38. The van der Waals surface area contributed by atoms with Crippen LogP contribution in [0.3, 0.4) is 0 Å². The van der Waals surface area contributed by atoms with Crippen molar-refractivity contribution in [1.29, 1.82) is 0 Å². The summed E-state index contributed by atoms with van der Waals surface area (Å²) in [4.78, 5) is 38.9. The van der Waals surface area contributed by atoms with Crippen LogP contribution in [0.2, 0.25) is 0 Å². The van der Waals surface area contributed by atoms with E-state index in [9.17, 15) is 19.5 Å². The third-order valence-corrected chi connectivity index (χ3v) is 3.01. The van der Waals surface area contributed by atoms with E-state index in [2.05, 4.69) is 4.99 Å². The first-order chi connectivity index (χ1) is 9.34. The largest absolute Gasteiger partial charge is 0.548 e. The molecule has 1 aliphatic rings. The van der Waals surface area contributed by atoms with Gasteiger partial charge in [0.15, 0.2) is 5.96 Å². The minimum Gasteiger partial charge on any atom is -0.548 e. The number of imide groups is 1. The standard InChI is InChI=1S/C11H19N5O4/c12-6(2-1-5-15-11(13)14)9(18)16-7(10(19)20)3-4-8(16)17/h6-7H,1-5,12H2,(H,19,20)(H4,13,14,15)/p-1. The van der Waals surface area contributed by atoms with Crippen LogP contribution in [0.15, 0.2) is 4.99 Å². The third kappa shape index (κ3) is 3.92. The lowest BCUT2D eigenvalue weighted by atomic mass is 10.1. The van der Waals surface area contributed by atoms with Gasteiger partial charge in [-0.15, -0.1) is 0 Å². The number of guanidine groups is 1. The molecule has 2 unspecified atom stereocenters. The average molecular weight is 284 g/mol. The molecule has 6 N–H and O–H groups in total. The Hall–Kier alpha value is -2.16. The predicted molar refractivity (Wildman–Crippen MR) is 67.8 cm³/mol. The fourth-order valence-electron chi connectivity index (χ4n) is 2.00. The van der Waals surface area contributed by atoms with Gasteiger partial charge in [-0.05, 0) is 19.3 Å². The molecule has 0 aromatic carbocycles. The average Bonchev–Trinajstić information content (AvgIpc) is 2.75. The summed E-state index contributed by atoms with van der Waals surface area (Å²) in [5.74, 6) is -2.75.